The van der Waals surface area contributed by atoms with Crippen LogP contribution in [0.25, 0.3) is 22.4 Å². The molecule has 0 aliphatic heterocycles. The first-order valence-electron chi connectivity index (χ1n) is 9.62. The maximum Gasteiger partial charge on any atom is 0.259 e. The standard InChI is InChI=1S/C23H21N3O5/c1-30-10-9-26-13-14(21(28)17-12-15(31-2)7-8-20(17)27)11-19(26)22-24-18-6-4-3-5-16(18)23(29)25-22/h3-8,11-13,27H,9-10H2,1-2H3,(H,24,25,29). The quantitative estimate of drug-likeness (QED) is 0.446. The number of H-pyrrole nitrogens is 1. The van der Waals surface area contributed by atoms with Crippen molar-refractivity contribution in [3.8, 4) is 23.0 Å². The first-order chi connectivity index (χ1) is 15.0. The number of hydrogen-bond acceptors (Lipinski definition) is 6. The van der Waals surface area contributed by atoms with Gasteiger partial charge in [0.05, 0.1) is 35.9 Å². The third kappa shape index (κ3) is 3.93. The van der Waals surface area contributed by atoms with Crippen molar-refractivity contribution in [3.63, 3.8) is 0 Å². The number of nitrogens with one attached hydrogen (secondary N) is 1. The Bertz CT molecular complexity index is 1320. The third-order valence-corrected chi connectivity index (χ3v) is 5.00. The highest BCUT2D eigenvalue weighted by atomic mass is 16.5. The zero-order chi connectivity index (χ0) is 22.0. The molecule has 0 amide bonds. The maximum absolute atomic E-state index is 13.1. The molecule has 0 saturated carbocycles. The Kier molecular flexibility index (Phi) is 5.55. The summed E-state index contributed by atoms with van der Waals surface area (Å²) < 4.78 is 12.1. The van der Waals surface area contributed by atoms with Crippen LogP contribution >= 0.6 is 0 Å². The lowest BCUT2D eigenvalue weighted by atomic mass is 10.0. The van der Waals surface area contributed by atoms with Gasteiger partial charge in [0.25, 0.3) is 5.56 Å². The summed E-state index contributed by atoms with van der Waals surface area (Å²) in [6.07, 6.45) is 1.66. The number of rotatable bonds is 7. The number of fused-ring (bicyclic) bond motifs is 1. The largest absolute Gasteiger partial charge is 0.507 e. The number of phenolic OH excluding ortho intramolecular Hbond substituents is 1. The molecule has 0 saturated heterocycles. The van der Waals surface area contributed by atoms with Crippen LogP contribution in [0.1, 0.15) is 15.9 Å². The average molecular weight is 419 g/mol. The molecule has 4 rings (SSSR count). The number of methoxy groups -OCH3 is 2. The number of benzene rings is 2. The monoisotopic (exact) mass is 419 g/mol. The van der Waals surface area contributed by atoms with Gasteiger partial charge in [-0.1, -0.05) is 12.1 Å². The van der Waals surface area contributed by atoms with E-state index in [0.717, 1.165) is 0 Å². The minimum Gasteiger partial charge on any atom is -0.507 e. The van der Waals surface area contributed by atoms with E-state index in [9.17, 15) is 14.7 Å². The van der Waals surface area contributed by atoms with Gasteiger partial charge in [0.2, 0.25) is 0 Å². The number of carbonyl (C=O) groups is 1. The number of para-hydroxylation sites is 1. The lowest BCUT2D eigenvalue weighted by Crippen LogP contribution is -2.12. The van der Waals surface area contributed by atoms with Crippen LogP contribution in [-0.2, 0) is 11.3 Å². The number of phenols is 1. The van der Waals surface area contributed by atoms with Gasteiger partial charge in [-0.3, -0.25) is 9.59 Å². The van der Waals surface area contributed by atoms with Crippen molar-refractivity contribution in [1.29, 1.82) is 0 Å². The smallest absolute Gasteiger partial charge is 0.259 e. The van der Waals surface area contributed by atoms with Crippen LogP contribution in [0.5, 0.6) is 11.5 Å². The number of aromatic nitrogens is 3. The molecule has 0 unspecified atom stereocenters. The molecule has 2 heterocycles. The van der Waals surface area contributed by atoms with E-state index in [1.807, 2.05) is 6.07 Å². The molecule has 0 spiro atoms. The van der Waals surface area contributed by atoms with Gasteiger partial charge >= 0.3 is 0 Å². The zero-order valence-corrected chi connectivity index (χ0v) is 17.1. The van der Waals surface area contributed by atoms with Crippen LogP contribution in [-0.4, -0.2) is 46.3 Å². The summed E-state index contributed by atoms with van der Waals surface area (Å²) in [5.41, 5.74) is 1.31. The molecule has 4 aromatic rings. The van der Waals surface area contributed by atoms with Gasteiger partial charge in [-0.25, -0.2) is 4.98 Å². The first kappa shape index (κ1) is 20.4. The molecule has 8 heteroatoms. The predicted octanol–water partition coefficient (Wildman–Crippen LogP) is 2.98. The van der Waals surface area contributed by atoms with Crippen LogP contribution in [0.2, 0.25) is 0 Å². The Morgan fingerprint density at radius 1 is 1.16 bits per heavy atom. The lowest BCUT2D eigenvalue weighted by Gasteiger charge is -2.08. The fraction of sp³-hybridized carbons (Fsp3) is 0.174. The van der Waals surface area contributed by atoms with Gasteiger partial charge in [-0.15, -0.1) is 0 Å². The van der Waals surface area contributed by atoms with Crippen LogP contribution in [0.15, 0.2) is 59.5 Å². The van der Waals surface area contributed by atoms with Gasteiger partial charge in [-0.2, -0.15) is 0 Å². The second-order valence-electron chi connectivity index (χ2n) is 6.94. The normalized spacial score (nSPS) is 11.0. The SMILES string of the molecule is COCCn1cc(C(=O)c2cc(OC)ccc2O)cc1-c1nc2ccccc2c(=O)[nH]1. The molecular formula is C23H21N3O5. The van der Waals surface area contributed by atoms with E-state index in [1.165, 1.54) is 19.2 Å². The number of aromatic hydroxyl groups is 1. The second-order valence-corrected chi connectivity index (χ2v) is 6.94. The maximum atomic E-state index is 13.1. The highest BCUT2D eigenvalue weighted by Crippen LogP contribution is 2.28. The minimum atomic E-state index is -0.378. The van der Waals surface area contributed by atoms with Gasteiger partial charge < -0.3 is 24.1 Å². The van der Waals surface area contributed by atoms with Crippen LogP contribution in [0.3, 0.4) is 0 Å². The Hall–Kier alpha value is -3.91. The highest BCUT2D eigenvalue weighted by Gasteiger charge is 2.20. The second kappa shape index (κ2) is 8.45. The minimum absolute atomic E-state index is 0.120. The molecular weight excluding hydrogens is 398 g/mol. The van der Waals surface area contributed by atoms with Gasteiger partial charge in [0.1, 0.15) is 11.5 Å². The molecule has 0 fully saturated rings. The van der Waals surface area contributed by atoms with Crippen molar-refractivity contribution in [2.24, 2.45) is 0 Å². The van der Waals surface area contributed by atoms with Gasteiger partial charge in [-0.05, 0) is 36.4 Å². The molecule has 0 aliphatic rings. The number of nitrogens with zero attached hydrogens (tertiary/aromatic N) is 2. The van der Waals surface area contributed by atoms with Crippen LogP contribution < -0.4 is 10.3 Å². The molecule has 0 aliphatic carbocycles. The van der Waals surface area contributed by atoms with E-state index in [2.05, 4.69) is 9.97 Å². The molecule has 158 valence electrons. The zero-order valence-electron chi connectivity index (χ0n) is 17.1. The van der Waals surface area contributed by atoms with E-state index in [1.54, 1.807) is 48.2 Å². The number of hydrogen-bond donors (Lipinski definition) is 2. The van der Waals surface area contributed by atoms with Crippen molar-refractivity contribution >= 4 is 16.7 Å². The summed E-state index contributed by atoms with van der Waals surface area (Å²) in [6.45, 7) is 0.845. The highest BCUT2D eigenvalue weighted by molar-refractivity contribution is 6.11. The Balaban J connectivity index is 1.83. The number of carbonyl (C=O) groups excluding carboxylic acids is 1. The molecule has 31 heavy (non-hydrogen) atoms. The summed E-state index contributed by atoms with van der Waals surface area (Å²) >= 11 is 0. The van der Waals surface area contributed by atoms with Crippen LogP contribution in [0, 0.1) is 0 Å². The van der Waals surface area contributed by atoms with E-state index >= 15 is 0 Å². The fourth-order valence-corrected chi connectivity index (χ4v) is 3.40. The summed E-state index contributed by atoms with van der Waals surface area (Å²) in [6, 6.07) is 13.2. The molecule has 2 aromatic carbocycles. The van der Waals surface area contributed by atoms with Gasteiger partial charge in [0.15, 0.2) is 11.6 Å². The Morgan fingerprint density at radius 2 is 1.97 bits per heavy atom. The van der Waals surface area contributed by atoms with E-state index < -0.39 is 0 Å². The average Bonchev–Trinajstić information content (AvgIpc) is 3.22. The fourth-order valence-electron chi connectivity index (χ4n) is 3.40. The Morgan fingerprint density at radius 3 is 2.74 bits per heavy atom. The number of ketones is 1. The lowest BCUT2D eigenvalue weighted by molar-refractivity contribution is 0.103. The first-order valence-corrected chi connectivity index (χ1v) is 9.62. The summed E-state index contributed by atoms with van der Waals surface area (Å²) in [7, 11) is 3.07. The molecule has 8 nitrogen and oxygen atoms in total. The summed E-state index contributed by atoms with van der Waals surface area (Å²) in [5, 5.41) is 10.7. The van der Waals surface area contributed by atoms with Crippen molar-refractivity contribution in [2.45, 2.75) is 6.54 Å². The molecule has 0 atom stereocenters. The van der Waals surface area contributed by atoms with Gasteiger partial charge in [0, 0.05) is 25.4 Å². The van der Waals surface area contributed by atoms with Crippen molar-refractivity contribution < 1.29 is 19.4 Å². The Labute approximate surface area is 177 Å². The molecule has 0 radical (unpaired) electrons. The molecule has 2 N–H and O–H groups in total. The van der Waals surface area contributed by atoms with Crippen LogP contribution in [0.4, 0.5) is 0 Å². The summed E-state index contributed by atoms with van der Waals surface area (Å²) in [5.74, 6) is 0.278. The number of aromatic amines is 1. The topological polar surface area (TPSA) is 106 Å². The summed E-state index contributed by atoms with van der Waals surface area (Å²) in [4.78, 5) is 33.0. The van der Waals surface area contributed by atoms with Crippen molar-refractivity contribution in [2.75, 3.05) is 20.8 Å². The predicted molar refractivity (Wildman–Crippen MR) is 116 cm³/mol. The van der Waals surface area contributed by atoms with E-state index in [-0.39, 0.29) is 22.7 Å². The third-order valence-electron chi connectivity index (χ3n) is 5.00. The molecule has 2 aromatic heterocycles. The van der Waals surface area contributed by atoms with E-state index in [4.69, 9.17) is 9.47 Å². The van der Waals surface area contributed by atoms with Crippen molar-refractivity contribution in [3.05, 3.63) is 76.2 Å². The van der Waals surface area contributed by atoms with E-state index in [0.29, 0.717) is 46.9 Å². The molecule has 0 bridgehead atoms. The number of ether oxygens (including phenoxy) is 2. The van der Waals surface area contributed by atoms with Crippen molar-refractivity contribution in [1.82, 2.24) is 14.5 Å².